The number of carbonyl (C=O) groups is 1. The molecule has 1 aliphatic rings. The molecule has 9 heteroatoms. The molecule has 34 heavy (non-hydrogen) atoms. The van der Waals surface area contributed by atoms with Crippen LogP contribution in [0.3, 0.4) is 0 Å². The molecule has 1 fully saturated rings. The molecule has 178 valence electrons. The third-order valence-electron chi connectivity index (χ3n) is 6.45. The van der Waals surface area contributed by atoms with Crippen LogP contribution in [0.25, 0.3) is 10.9 Å². The van der Waals surface area contributed by atoms with Crippen LogP contribution in [0, 0.1) is 17.3 Å². The van der Waals surface area contributed by atoms with Gasteiger partial charge in [0.1, 0.15) is 11.9 Å². The van der Waals surface area contributed by atoms with Crippen molar-refractivity contribution in [3.63, 3.8) is 0 Å². The number of carboxylic acid groups (broad SMARTS) is 1. The van der Waals surface area contributed by atoms with E-state index in [1.807, 2.05) is 5.38 Å². The van der Waals surface area contributed by atoms with E-state index in [0.29, 0.717) is 54.7 Å². The Bertz CT molecular complexity index is 1220. The van der Waals surface area contributed by atoms with Gasteiger partial charge >= 0.3 is 5.97 Å². The number of rotatable bonds is 7. The molecule has 0 amide bonds. The lowest BCUT2D eigenvalue weighted by atomic mass is 9.74. The fourth-order valence-corrected chi connectivity index (χ4v) is 5.16. The van der Waals surface area contributed by atoms with Gasteiger partial charge in [0.2, 0.25) is 0 Å². The second-order valence-electron chi connectivity index (χ2n) is 8.41. The normalized spacial score (nSPS) is 16.6. The Hall–Kier alpha value is -2.73. The average Bonchev–Trinajstić information content (AvgIpc) is 3.36. The first-order valence-corrected chi connectivity index (χ1v) is 12.3. The number of nitrogens with zero attached hydrogens (tertiary/aromatic N) is 3. The predicted octanol–water partition coefficient (Wildman–Crippen LogP) is 5.36. The minimum atomic E-state index is -1.41. The van der Waals surface area contributed by atoms with Gasteiger partial charge in [0.15, 0.2) is 5.01 Å². The van der Waals surface area contributed by atoms with Crippen molar-refractivity contribution in [2.24, 2.45) is 5.41 Å². The molecular formula is C25H25ClFN3O3S. The van der Waals surface area contributed by atoms with Crippen LogP contribution < -0.4 is 4.74 Å². The fraction of sp³-hybridized carbons (Fsp3) is 0.400. The van der Waals surface area contributed by atoms with E-state index >= 15 is 4.39 Å². The second-order valence-corrected chi connectivity index (χ2v) is 9.71. The molecule has 1 aliphatic heterocycles. The highest BCUT2D eigenvalue weighted by Gasteiger charge is 2.41. The zero-order chi connectivity index (χ0) is 24.1. The Balaban J connectivity index is 1.43. The van der Waals surface area contributed by atoms with Gasteiger partial charge < -0.3 is 9.84 Å². The summed E-state index contributed by atoms with van der Waals surface area (Å²) >= 11 is 7.82. The first-order chi connectivity index (χ1) is 16.4. The van der Waals surface area contributed by atoms with Crippen LogP contribution in [-0.4, -0.2) is 52.7 Å². The molecule has 0 bridgehead atoms. The van der Waals surface area contributed by atoms with Gasteiger partial charge in [-0.1, -0.05) is 17.5 Å². The van der Waals surface area contributed by atoms with E-state index in [2.05, 4.69) is 26.7 Å². The number of halogens is 2. The monoisotopic (exact) mass is 501 g/mol. The van der Waals surface area contributed by atoms with E-state index in [0.717, 1.165) is 5.01 Å². The predicted molar refractivity (Wildman–Crippen MR) is 131 cm³/mol. The topological polar surface area (TPSA) is 75.6 Å². The number of pyridine rings is 1. The minimum Gasteiger partial charge on any atom is -0.497 e. The maximum Gasteiger partial charge on any atom is 0.309 e. The molecule has 0 unspecified atom stereocenters. The molecule has 1 aromatic carbocycles. The number of hydrogen-bond acceptors (Lipinski definition) is 6. The quantitative estimate of drug-likeness (QED) is 0.439. The highest BCUT2D eigenvalue weighted by Crippen LogP contribution is 2.42. The van der Waals surface area contributed by atoms with Crippen LogP contribution in [-0.2, 0) is 4.79 Å². The van der Waals surface area contributed by atoms with E-state index in [4.69, 9.17) is 16.3 Å². The molecule has 3 aromatic rings. The molecule has 3 heterocycles. The van der Waals surface area contributed by atoms with Crippen LogP contribution >= 0.6 is 22.9 Å². The molecule has 4 rings (SSSR count). The van der Waals surface area contributed by atoms with Crippen LogP contribution in [0.15, 0.2) is 36.0 Å². The molecule has 6 nitrogen and oxygen atoms in total. The molecule has 1 N–H and O–H groups in total. The lowest BCUT2D eigenvalue weighted by Gasteiger charge is -2.38. The number of thiazole rings is 1. The average molecular weight is 502 g/mol. The number of fused-ring (bicyclic) bond motifs is 1. The molecule has 2 aromatic heterocycles. The number of likely N-dealkylation sites (tertiary alicyclic amines) is 1. The van der Waals surface area contributed by atoms with Gasteiger partial charge in [-0.15, -0.1) is 11.3 Å². The van der Waals surface area contributed by atoms with Crippen LogP contribution in [0.5, 0.6) is 5.75 Å². The number of alkyl halides is 1. The largest absolute Gasteiger partial charge is 0.497 e. The third-order valence-corrected chi connectivity index (χ3v) is 7.44. The summed E-state index contributed by atoms with van der Waals surface area (Å²) in [6.07, 6.45) is 2.94. The van der Waals surface area contributed by atoms with Crippen molar-refractivity contribution in [3.05, 3.63) is 51.6 Å². The first-order valence-electron chi connectivity index (χ1n) is 11.0. The Labute approximate surface area is 206 Å². The lowest BCUT2D eigenvalue weighted by Crippen LogP contribution is -2.44. The van der Waals surface area contributed by atoms with Crippen molar-refractivity contribution in [2.75, 3.05) is 26.7 Å². The van der Waals surface area contributed by atoms with Crippen molar-refractivity contribution >= 4 is 39.8 Å². The molecule has 0 radical (unpaired) electrons. The van der Waals surface area contributed by atoms with Gasteiger partial charge in [-0.05, 0) is 49.8 Å². The summed E-state index contributed by atoms with van der Waals surface area (Å²) in [5.74, 6) is 5.84. The summed E-state index contributed by atoms with van der Waals surface area (Å²) in [5.41, 5.74) is -0.0136. The summed E-state index contributed by atoms with van der Waals surface area (Å²) < 4.78 is 20.8. The van der Waals surface area contributed by atoms with Gasteiger partial charge in [0.05, 0.1) is 29.6 Å². The van der Waals surface area contributed by atoms with Gasteiger partial charge in [-0.2, -0.15) is 0 Å². The number of aromatic nitrogens is 2. The number of benzene rings is 1. The zero-order valence-corrected chi connectivity index (χ0v) is 20.3. The maximum atomic E-state index is 15.5. The smallest absolute Gasteiger partial charge is 0.309 e. The molecule has 0 aliphatic carbocycles. The summed E-state index contributed by atoms with van der Waals surface area (Å²) in [7, 11) is 1.54. The Kier molecular flexibility index (Phi) is 7.67. The third kappa shape index (κ3) is 5.33. The van der Waals surface area contributed by atoms with Gasteiger partial charge in [-0.25, -0.2) is 9.37 Å². The van der Waals surface area contributed by atoms with Gasteiger partial charge in [0, 0.05) is 41.8 Å². The highest BCUT2D eigenvalue weighted by molar-refractivity contribution is 7.10. The van der Waals surface area contributed by atoms with E-state index < -0.39 is 17.6 Å². The Morgan fingerprint density at radius 3 is 2.85 bits per heavy atom. The van der Waals surface area contributed by atoms with Crippen molar-refractivity contribution < 1.29 is 19.0 Å². The fourth-order valence-electron chi connectivity index (χ4n) is 4.38. The van der Waals surface area contributed by atoms with E-state index in [9.17, 15) is 9.90 Å². The number of methoxy groups -OCH3 is 1. The molecule has 0 saturated carbocycles. The summed E-state index contributed by atoms with van der Waals surface area (Å²) in [6, 6.07) is 5.23. The minimum absolute atomic E-state index is 0.0617. The van der Waals surface area contributed by atoms with Gasteiger partial charge in [0.25, 0.3) is 0 Å². The molecule has 1 saturated heterocycles. The van der Waals surface area contributed by atoms with Crippen LogP contribution in [0.2, 0.25) is 5.02 Å². The molecule has 1 atom stereocenters. The van der Waals surface area contributed by atoms with Crippen molar-refractivity contribution in [1.29, 1.82) is 0 Å². The van der Waals surface area contributed by atoms with Crippen molar-refractivity contribution in [1.82, 2.24) is 14.9 Å². The zero-order valence-electron chi connectivity index (χ0n) is 18.8. The SMILES string of the molecule is COc1ccc2ncc(Cl)c([C@H](F)CCC3(C(=O)O)CCN(CC#Cc4nccs4)CC3)c2c1. The Morgan fingerprint density at radius 1 is 1.38 bits per heavy atom. The van der Waals surface area contributed by atoms with Gasteiger partial charge in [-0.3, -0.25) is 14.7 Å². The number of aliphatic carboxylic acids is 1. The number of hydrogen-bond donors (Lipinski definition) is 1. The summed E-state index contributed by atoms with van der Waals surface area (Å²) in [4.78, 5) is 22.8. The van der Waals surface area contributed by atoms with E-state index in [1.165, 1.54) is 17.5 Å². The second kappa shape index (κ2) is 10.7. The molecular weight excluding hydrogens is 477 g/mol. The number of piperidine rings is 1. The maximum absolute atomic E-state index is 15.5. The number of carboxylic acids is 1. The van der Waals surface area contributed by atoms with Crippen molar-refractivity contribution in [2.45, 2.75) is 31.9 Å². The summed E-state index contributed by atoms with van der Waals surface area (Å²) in [5, 5.41) is 13.5. The Morgan fingerprint density at radius 2 is 2.18 bits per heavy atom. The standard InChI is InChI=1S/C25H25ClFN3O3S/c1-33-17-4-5-21-18(15-17)23(19(26)16-29-21)20(27)6-7-25(24(31)32)8-12-30(13-9-25)11-2-3-22-28-10-14-34-22/h4-5,10,14-16,20H,6-9,11-13H2,1H3,(H,31,32)/t20-/m1/s1. The molecule has 0 spiro atoms. The van der Waals surface area contributed by atoms with Crippen LogP contribution in [0.4, 0.5) is 4.39 Å². The van der Waals surface area contributed by atoms with E-state index in [1.54, 1.807) is 31.5 Å². The van der Waals surface area contributed by atoms with Crippen molar-refractivity contribution in [3.8, 4) is 17.6 Å². The number of ether oxygens (including phenoxy) is 1. The highest BCUT2D eigenvalue weighted by atomic mass is 35.5. The van der Waals surface area contributed by atoms with E-state index in [-0.39, 0.29) is 17.9 Å². The first kappa shape index (κ1) is 24.4. The summed E-state index contributed by atoms with van der Waals surface area (Å²) in [6.45, 7) is 1.76. The lowest BCUT2D eigenvalue weighted by molar-refractivity contribution is -0.152. The van der Waals surface area contributed by atoms with Crippen LogP contribution in [0.1, 0.15) is 42.4 Å².